The fraction of sp³-hybridized carbons (Fsp3) is 0.375. The van der Waals surface area contributed by atoms with E-state index in [1.807, 2.05) is 11.4 Å². The van der Waals surface area contributed by atoms with E-state index in [4.69, 9.17) is 0 Å². The first kappa shape index (κ1) is 14.2. The Labute approximate surface area is 127 Å². The highest BCUT2D eigenvalue weighted by atomic mass is 32.1. The average Bonchev–Trinajstić information content (AvgIpc) is 2.85. The second-order valence-electron chi connectivity index (χ2n) is 5.76. The summed E-state index contributed by atoms with van der Waals surface area (Å²) in [5, 5.41) is 5.65. The van der Waals surface area contributed by atoms with E-state index < -0.39 is 0 Å². The third kappa shape index (κ3) is 2.97. The number of rotatable bonds is 3. The standard InChI is InChI=1S/C16H17FN2OS/c1-9(2)5-16-19-14(8-21-16)11-6-10-3-4-15(20)18-13(10)7-12(11)17/h6-9H,3-5H2,1-2H3,(H,18,20). The van der Waals surface area contributed by atoms with Gasteiger partial charge in [-0.2, -0.15) is 0 Å². The number of thiazole rings is 1. The number of carbonyl (C=O) groups excluding carboxylic acids is 1. The van der Waals surface area contributed by atoms with Gasteiger partial charge in [0.05, 0.1) is 10.7 Å². The molecule has 2 aromatic rings. The van der Waals surface area contributed by atoms with Crippen molar-refractivity contribution >= 4 is 22.9 Å². The van der Waals surface area contributed by atoms with E-state index in [2.05, 4.69) is 24.1 Å². The van der Waals surface area contributed by atoms with Crippen molar-refractivity contribution in [1.29, 1.82) is 0 Å². The largest absolute Gasteiger partial charge is 0.326 e. The minimum absolute atomic E-state index is 0.0532. The lowest BCUT2D eigenvalue weighted by Crippen LogP contribution is -2.19. The van der Waals surface area contributed by atoms with Gasteiger partial charge in [0, 0.05) is 29.5 Å². The molecule has 0 unspecified atom stereocenters. The van der Waals surface area contributed by atoms with Crippen LogP contribution in [0.5, 0.6) is 0 Å². The Kier molecular flexibility index (Phi) is 3.76. The number of benzene rings is 1. The highest BCUT2D eigenvalue weighted by molar-refractivity contribution is 7.09. The van der Waals surface area contributed by atoms with Gasteiger partial charge < -0.3 is 5.32 Å². The van der Waals surface area contributed by atoms with Crippen LogP contribution in [0, 0.1) is 11.7 Å². The van der Waals surface area contributed by atoms with Crippen LogP contribution in [0.4, 0.5) is 10.1 Å². The number of aromatic nitrogens is 1. The summed E-state index contributed by atoms with van der Waals surface area (Å²) in [6, 6.07) is 3.22. The van der Waals surface area contributed by atoms with Crippen molar-refractivity contribution in [3.63, 3.8) is 0 Å². The number of fused-ring (bicyclic) bond motifs is 1. The minimum atomic E-state index is -0.336. The molecule has 1 amide bonds. The molecule has 0 spiro atoms. The molecule has 1 aromatic carbocycles. The summed E-state index contributed by atoms with van der Waals surface area (Å²) in [6.07, 6.45) is 2.01. The molecule has 1 aliphatic rings. The Hall–Kier alpha value is -1.75. The number of amides is 1. The van der Waals surface area contributed by atoms with Crippen molar-refractivity contribution in [3.8, 4) is 11.3 Å². The lowest BCUT2D eigenvalue weighted by atomic mass is 9.99. The summed E-state index contributed by atoms with van der Waals surface area (Å²) in [7, 11) is 0. The third-order valence-electron chi connectivity index (χ3n) is 3.50. The van der Waals surface area contributed by atoms with Crippen molar-refractivity contribution in [2.24, 2.45) is 5.92 Å². The molecule has 2 heterocycles. The molecule has 0 saturated heterocycles. The van der Waals surface area contributed by atoms with Crippen LogP contribution in [0.1, 0.15) is 30.8 Å². The number of carbonyl (C=O) groups is 1. The fourth-order valence-electron chi connectivity index (χ4n) is 2.48. The predicted octanol–water partition coefficient (Wildman–Crippen LogP) is 4.03. The Bertz CT molecular complexity index is 694. The molecule has 3 rings (SSSR count). The monoisotopic (exact) mass is 304 g/mol. The van der Waals surface area contributed by atoms with E-state index in [-0.39, 0.29) is 11.7 Å². The van der Waals surface area contributed by atoms with Crippen molar-refractivity contribution in [2.45, 2.75) is 33.1 Å². The van der Waals surface area contributed by atoms with E-state index >= 15 is 0 Å². The Balaban J connectivity index is 1.95. The van der Waals surface area contributed by atoms with Gasteiger partial charge in [0.25, 0.3) is 0 Å². The third-order valence-corrected chi connectivity index (χ3v) is 4.37. The maximum absolute atomic E-state index is 14.3. The first-order valence-corrected chi connectivity index (χ1v) is 7.98. The lowest BCUT2D eigenvalue weighted by Gasteiger charge is -2.17. The molecule has 0 radical (unpaired) electrons. The molecule has 1 aromatic heterocycles. The zero-order valence-electron chi connectivity index (χ0n) is 12.1. The molecule has 0 saturated carbocycles. The van der Waals surface area contributed by atoms with Crippen LogP contribution >= 0.6 is 11.3 Å². The van der Waals surface area contributed by atoms with Crippen molar-refractivity contribution < 1.29 is 9.18 Å². The van der Waals surface area contributed by atoms with E-state index in [1.165, 1.54) is 6.07 Å². The molecule has 1 N–H and O–H groups in total. The summed E-state index contributed by atoms with van der Waals surface area (Å²) >= 11 is 1.57. The molecule has 0 atom stereocenters. The zero-order valence-corrected chi connectivity index (χ0v) is 12.9. The van der Waals surface area contributed by atoms with Crippen LogP contribution in [-0.4, -0.2) is 10.9 Å². The maximum Gasteiger partial charge on any atom is 0.224 e. The average molecular weight is 304 g/mol. The summed E-state index contributed by atoms with van der Waals surface area (Å²) < 4.78 is 14.3. The summed E-state index contributed by atoms with van der Waals surface area (Å²) in [5.41, 5.74) is 2.78. The van der Waals surface area contributed by atoms with Gasteiger partial charge in [0.2, 0.25) is 5.91 Å². The smallest absolute Gasteiger partial charge is 0.224 e. The van der Waals surface area contributed by atoms with Crippen LogP contribution in [-0.2, 0) is 17.6 Å². The normalized spacial score (nSPS) is 14.2. The van der Waals surface area contributed by atoms with Gasteiger partial charge in [0.15, 0.2) is 0 Å². The van der Waals surface area contributed by atoms with Gasteiger partial charge in [-0.25, -0.2) is 9.37 Å². The fourth-order valence-corrected chi connectivity index (χ4v) is 3.48. The summed E-state index contributed by atoms with van der Waals surface area (Å²) in [5.74, 6) is 0.146. The number of nitrogens with one attached hydrogen (secondary N) is 1. The predicted molar refractivity (Wildman–Crippen MR) is 83.0 cm³/mol. The first-order chi connectivity index (χ1) is 10.0. The molecular weight excluding hydrogens is 287 g/mol. The summed E-state index contributed by atoms with van der Waals surface area (Å²) in [4.78, 5) is 15.9. The molecule has 3 nitrogen and oxygen atoms in total. The summed E-state index contributed by atoms with van der Waals surface area (Å²) in [6.45, 7) is 4.28. The molecule has 5 heteroatoms. The quantitative estimate of drug-likeness (QED) is 0.930. The number of anilines is 1. The van der Waals surface area contributed by atoms with Crippen molar-refractivity contribution in [2.75, 3.05) is 5.32 Å². The molecular formula is C16H17FN2OS. The van der Waals surface area contributed by atoms with E-state index in [9.17, 15) is 9.18 Å². The highest BCUT2D eigenvalue weighted by Gasteiger charge is 2.19. The first-order valence-electron chi connectivity index (χ1n) is 7.10. The van der Waals surface area contributed by atoms with Crippen LogP contribution in [0.2, 0.25) is 0 Å². The Morgan fingerprint density at radius 3 is 2.95 bits per heavy atom. The molecule has 110 valence electrons. The van der Waals surface area contributed by atoms with Gasteiger partial charge in [-0.3, -0.25) is 4.79 Å². The van der Waals surface area contributed by atoms with Gasteiger partial charge >= 0.3 is 0 Å². The van der Waals surface area contributed by atoms with Gasteiger partial charge in [-0.15, -0.1) is 11.3 Å². The van der Waals surface area contributed by atoms with E-state index in [0.29, 0.717) is 35.7 Å². The Morgan fingerprint density at radius 2 is 2.19 bits per heavy atom. The highest BCUT2D eigenvalue weighted by Crippen LogP contribution is 2.32. The van der Waals surface area contributed by atoms with Gasteiger partial charge in [-0.1, -0.05) is 13.8 Å². The molecule has 0 aliphatic carbocycles. The van der Waals surface area contributed by atoms with Crippen LogP contribution in [0.15, 0.2) is 17.5 Å². The molecule has 0 fully saturated rings. The van der Waals surface area contributed by atoms with Gasteiger partial charge in [-0.05, 0) is 30.0 Å². The number of hydrogen-bond donors (Lipinski definition) is 1. The second-order valence-corrected chi connectivity index (χ2v) is 6.70. The zero-order chi connectivity index (χ0) is 15.0. The minimum Gasteiger partial charge on any atom is -0.326 e. The lowest BCUT2D eigenvalue weighted by molar-refractivity contribution is -0.116. The number of nitrogens with zero attached hydrogens (tertiary/aromatic N) is 1. The Morgan fingerprint density at radius 1 is 1.38 bits per heavy atom. The number of aryl methyl sites for hydroxylation is 1. The van der Waals surface area contributed by atoms with Crippen LogP contribution in [0.3, 0.4) is 0 Å². The second kappa shape index (κ2) is 5.56. The van der Waals surface area contributed by atoms with Crippen molar-refractivity contribution in [1.82, 2.24) is 4.98 Å². The van der Waals surface area contributed by atoms with Gasteiger partial charge in [0.1, 0.15) is 5.82 Å². The van der Waals surface area contributed by atoms with E-state index in [1.54, 1.807) is 11.3 Å². The number of halogens is 1. The SMILES string of the molecule is CC(C)Cc1nc(-c2cc3c(cc2F)NC(=O)CC3)cs1. The van der Waals surface area contributed by atoms with Crippen LogP contribution in [0.25, 0.3) is 11.3 Å². The molecule has 21 heavy (non-hydrogen) atoms. The topological polar surface area (TPSA) is 42.0 Å². The molecule has 1 aliphatic heterocycles. The van der Waals surface area contributed by atoms with Crippen molar-refractivity contribution in [3.05, 3.63) is 33.9 Å². The van der Waals surface area contributed by atoms with Crippen LogP contribution < -0.4 is 5.32 Å². The molecule has 0 bridgehead atoms. The van der Waals surface area contributed by atoms with E-state index in [0.717, 1.165) is 17.0 Å². The number of hydrogen-bond acceptors (Lipinski definition) is 3. The maximum atomic E-state index is 14.3.